The fourth-order valence-electron chi connectivity index (χ4n) is 3.97. The molecule has 5 atom stereocenters. The van der Waals surface area contributed by atoms with E-state index in [0.29, 0.717) is 31.3 Å². The lowest BCUT2D eigenvalue weighted by atomic mass is 9.89. The van der Waals surface area contributed by atoms with Crippen molar-refractivity contribution in [2.75, 3.05) is 19.8 Å². The molecular weight excluding hydrogens is 412 g/mol. The molecule has 4 N–H and O–H groups in total. The summed E-state index contributed by atoms with van der Waals surface area (Å²) in [4.78, 5) is 0. The molecule has 2 fully saturated rings. The zero-order chi connectivity index (χ0) is 22.7. The van der Waals surface area contributed by atoms with Crippen LogP contribution in [0.2, 0.25) is 0 Å². The Morgan fingerprint density at radius 1 is 0.938 bits per heavy atom. The highest BCUT2D eigenvalue weighted by atomic mass is 16.5. The standard InChI is InChI=1S/C25H32O7/c1-15-2-5-17(25-24(29)23(28)22(27)21(14-26)32-25)13-18(15)12-16-3-6-19(7-4-16)30-10-11-31-20-8-9-20/h2-7,13,20-29H,8-12,14H2,1H3/t21-,22-,23+,24-,25+/m1/s1. The third kappa shape index (κ3) is 5.49. The number of aliphatic hydroxyl groups excluding tert-OH is 4. The van der Waals surface area contributed by atoms with Crippen molar-refractivity contribution in [3.63, 3.8) is 0 Å². The average Bonchev–Trinajstić information content (AvgIpc) is 3.63. The first-order valence-corrected chi connectivity index (χ1v) is 11.2. The number of aryl methyl sites for hydroxylation is 1. The summed E-state index contributed by atoms with van der Waals surface area (Å²) in [6.07, 6.45) is -2.37. The third-order valence-corrected chi connectivity index (χ3v) is 6.14. The van der Waals surface area contributed by atoms with Crippen LogP contribution in [0, 0.1) is 6.92 Å². The van der Waals surface area contributed by atoms with Gasteiger partial charge in [0.2, 0.25) is 0 Å². The Bertz CT molecular complexity index is 878. The summed E-state index contributed by atoms with van der Waals surface area (Å²) in [5.74, 6) is 0.805. The van der Waals surface area contributed by atoms with Gasteiger partial charge in [-0.2, -0.15) is 0 Å². The Hall–Kier alpha value is -2.00. The SMILES string of the molecule is Cc1ccc([C@@H]2O[C@H](CO)[C@@H](O)[C@H](O)[C@H]2O)cc1Cc1ccc(OCCOC2CC2)cc1. The van der Waals surface area contributed by atoms with E-state index in [4.69, 9.17) is 14.2 Å². The Labute approximate surface area is 188 Å². The van der Waals surface area contributed by atoms with Crippen molar-refractivity contribution in [1.29, 1.82) is 0 Å². The minimum atomic E-state index is -1.39. The van der Waals surface area contributed by atoms with Crippen LogP contribution in [0.3, 0.4) is 0 Å². The van der Waals surface area contributed by atoms with Gasteiger partial charge in [0.15, 0.2) is 0 Å². The summed E-state index contributed by atoms with van der Waals surface area (Å²) in [6, 6.07) is 13.7. The molecule has 0 aromatic heterocycles. The van der Waals surface area contributed by atoms with Gasteiger partial charge >= 0.3 is 0 Å². The molecule has 174 valence electrons. The predicted octanol–water partition coefficient (Wildman–Crippen LogP) is 1.66. The first kappa shape index (κ1) is 23.2. The summed E-state index contributed by atoms with van der Waals surface area (Å²) in [5.41, 5.74) is 3.96. The second-order valence-electron chi connectivity index (χ2n) is 8.67. The van der Waals surface area contributed by atoms with Gasteiger partial charge in [-0.1, -0.05) is 30.3 Å². The van der Waals surface area contributed by atoms with Gasteiger partial charge in [0.25, 0.3) is 0 Å². The van der Waals surface area contributed by atoms with Crippen molar-refractivity contribution in [1.82, 2.24) is 0 Å². The largest absolute Gasteiger partial charge is 0.491 e. The van der Waals surface area contributed by atoms with Gasteiger partial charge in [0.05, 0.1) is 19.3 Å². The normalized spacial score (nSPS) is 28.0. The zero-order valence-corrected chi connectivity index (χ0v) is 18.3. The molecule has 1 saturated carbocycles. The van der Waals surface area contributed by atoms with Gasteiger partial charge in [-0.15, -0.1) is 0 Å². The molecule has 2 aromatic rings. The molecule has 0 unspecified atom stereocenters. The fourth-order valence-corrected chi connectivity index (χ4v) is 3.97. The highest BCUT2D eigenvalue weighted by Gasteiger charge is 2.43. The monoisotopic (exact) mass is 444 g/mol. The average molecular weight is 445 g/mol. The van der Waals surface area contributed by atoms with Crippen LogP contribution in [-0.2, 0) is 15.9 Å². The van der Waals surface area contributed by atoms with Crippen LogP contribution in [0.15, 0.2) is 42.5 Å². The van der Waals surface area contributed by atoms with Gasteiger partial charge in [-0.25, -0.2) is 0 Å². The maximum atomic E-state index is 10.4. The van der Waals surface area contributed by atoms with Crippen LogP contribution >= 0.6 is 0 Å². The topological polar surface area (TPSA) is 109 Å². The minimum absolute atomic E-state index is 0.433. The third-order valence-electron chi connectivity index (χ3n) is 6.14. The molecule has 32 heavy (non-hydrogen) atoms. The Morgan fingerprint density at radius 2 is 1.69 bits per heavy atom. The number of rotatable bonds is 9. The molecule has 2 aromatic carbocycles. The van der Waals surface area contributed by atoms with Crippen LogP contribution in [0.5, 0.6) is 5.75 Å². The van der Waals surface area contributed by atoms with E-state index in [-0.39, 0.29) is 0 Å². The second-order valence-corrected chi connectivity index (χ2v) is 8.67. The maximum Gasteiger partial charge on any atom is 0.119 e. The van der Waals surface area contributed by atoms with Crippen molar-refractivity contribution in [3.8, 4) is 5.75 Å². The molecule has 0 spiro atoms. The van der Waals surface area contributed by atoms with E-state index in [1.807, 2.05) is 49.4 Å². The number of hydrogen-bond acceptors (Lipinski definition) is 7. The summed E-state index contributed by atoms with van der Waals surface area (Å²) in [5, 5.41) is 40.0. The lowest BCUT2D eigenvalue weighted by Gasteiger charge is -2.40. The Morgan fingerprint density at radius 3 is 2.38 bits per heavy atom. The lowest BCUT2D eigenvalue weighted by Crippen LogP contribution is -2.55. The van der Waals surface area contributed by atoms with E-state index in [9.17, 15) is 20.4 Å². The molecule has 2 aliphatic rings. The lowest BCUT2D eigenvalue weighted by molar-refractivity contribution is -0.231. The van der Waals surface area contributed by atoms with E-state index in [0.717, 1.165) is 35.3 Å². The van der Waals surface area contributed by atoms with Crippen molar-refractivity contribution in [2.24, 2.45) is 0 Å². The van der Waals surface area contributed by atoms with Crippen LogP contribution < -0.4 is 4.74 Å². The van der Waals surface area contributed by atoms with Gasteiger partial charge in [0, 0.05) is 0 Å². The van der Waals surface area contributed by atoms with Crippen molar-refractivity contribution < 1.29 is 34.6 Å². The minimum Gasteiger partial charge on any atom is -0.491 e. The van der Waals surface area contributed by atoms with Gasteiger partial charge < -0.3 is 34.6 Å². The van der Waals surface area contributed by atoms with Crippen LogP contribution in [0.1, 0.15) is 41.2 Å². The van der Waals surface area contributed by atoms with Crippen molar-refractivity contribution in [2.45, 2.75) is 62.8 Å². The number of benzene rings is 2. The van der Waals surface area contributed by atoms with E-state index in [1.165, 1.54) is 0 Å². The molecule has 1 heterocycles. The summed E-state index contributed by atoms with van der Waals surface area (Å²) < 4.78 is 17.0. The van der Waals surface area contributed by atoms with Gasteiger partial charge in [-0.05, 0) is 60.6 Å². The molecule has 1 aliphatic heterocycles. The quantitative estimate of drug-likeness (QED) is 0.436. The van der Waals surface area contributed by atoms with Crippen LogP contribution in [-0.4, -0.2) is 70.8 Å². The predicted molar refractivity (Wildman–Crippen MR) is 118 cm³/mol. The first-order valence-electron chi connectivity index (χ1n) is 11.2. The molecular formula is C25H32O7. The number of ether oxygens (including phenoxy) is 3. The van der Waals surface area contributed by atoms with E-state index in [1.54, 1.807) is 0 Å². The van der Waals surface area contributed by atoms with E-state index in [2.05, 4.69) is 0 Å². The molecule has 7 nitrogen and oxygen atoms in total. The molecule has 0 amide bonds. The smallest absolute Gasteiger partial charge is 0.119 e. The van der Waals surface area contributed by atoms with E-state index >= 15 is 0 Å². The van der Waals surface area contributed by atoms with Gasteiger partial charge in [-0.3, -0.25) is 0 Å². The summed E-state index contributed by atoms with van der Waals surface area (Å²) in [6.45, 7) is 2.72. The highest BCUT2D eigenvalue weighted by molar-refractivity contribution is 5.38. The Kier molecular flexibility index (Phi) is 7.45. The highest BCUT2D eigenvalue weighted by Crippen LogP contribution is 2.33. The fraction of sp³-hybridized carbons (Fsp3) is 0.520. The molecule has 1 saturated heterocycles. The van der Waals surface area contributed by atoms with Crippen molar-refractivity contribution >= 4 is 0 Å². The second kappa shape index (κ2) is 10.3. The van der Waals surface area contributed by atoms with Crippen molar-refractivity contribution in [3.05, 3.63) is 64.7 Å². The molecule has 4 rings (SSSR count). The van der Waals surface area contributed by atoms with Gasteiger partial charge in [0.1, 0.15) is 42.9 Å². The van der Waals surface area contributed by atoms with E-state index < -0.39 is 37.1 Å². The van der Waals surface area contributed by atoms with Crippen LogP contribution in [0.25, 0.3) is 0 Å². The molecule has 0 bridgehead atoms. The number of hydrogen-bond donors (Lipinski definition) is 4. The maximum absolute atomic E-state index is 10.4. The zero-order valence-electron chi connectivity index (χ0n) is 18.3. The van der Waals surface area contributed by atoms with Crippen LogP contribution in [0.4, 0.5) is 0 Å². The Balaban J connectivity index is 1.41. The molecule has 0 radical (unpaired) electrons. The summed E-state index contributed by atoms with van der Waals surface area (Å²) in [7, 11) is 0. The molecule has 7 heteroatoms. The molecule has 1 aliphatic carbocycles. The number of aliphatic hydroxyl groups is 4. The summed E-state index contributed by atoms with van der Waals surface area (Å²) >= 11 is 0. The first-order chi connectivity index (χ1) is 15.5.